The number of aromatic nitrogens is 1. The zero-order valence-electron chi connectivity index (χ0n) is 22.6. The van der Waals surface area contributed by atoms with E-state index in [9.17, 15) is 24.4 Å². The molecule has 4 N–H and O–H groups in total. The number of fused-ring (bicyclic) bond motifs is 1. The number of nitrogens with zero attached hydrogens (tertiary/aromatic N) is 3. The van der Waals surface area contributed by atoms with Crippen LogP contribution in [-0.2, 0) is 33.4 Å². The number of esters is 2. The van der Waals surface area contributed by atoms with E-state index in [0.717, 1.165) is 11.3 Å². The maximum absolute atomic E-state index is 13.8. The van der Waals surface area contributed by atoms with Crippen LogP contribution in [0.1, 0.15) is 39.3 Å². The van der Waals surface area contributed by atoms with Gasteiger partial charge < -0.3 is 35.4 Å². The van der Waals surface area contributed by atoms with Crippen LogP contribution in [-0.4, -0.2) is 93.4 Å². The molecule has 3 saturated heterocycles. The van der Waals surface area contributed by atoms with Crippen molar-refractivity contribution in [1.29, 1.82) is 0 Å². The average Bonchev–Trinajstić information content (AvgIpc) is 3.36. The SMILES string of the molecule is CSC1S[C@@H]2C(NC(=O)C(=NO)c3csc(N)n3)C(=O)N2CC1(C(=O)OCOC(=O)C(C)(C)C)C1CCOCC1. The summed E-state index contributed by atoms with van der Waals surface area (Å²) in [5.41, 5.74) is 3.53. The number of carbonyl (C=O) groups is 4. The molecule has 3 aliphatic heterocycles. The van der Waals surface area contributed by atoms with E-state index in [4.69, 9.17) is 19.9 Å². The second-order valence-corrected chi connectivity index (χ2v) is 14.0. The summed E-state index contributed by atoms with van der Waals surface area (Å²) in [4.78, 5) is 57.7. The fourth-order valence-corrected chi connectivity index (χ4v) is 8.66. The number of rotatable bonds is 8. The van der Waals surface area contributed by atoms with E-state index in [2.05, 4.69) is 15.5 Å². The smallest absolute Gasteiger partial charge is 0.319 e. The van der Waals surface area contributed by atoms with Crippen LogP contribution in [0.5, 0.6) is 0 Å². The maximum atomic E-state index is 13.8. The van der Waals surface area contributed by atoms with Gasteiger partial charge in [-0.2, -0.15) is 0 Å². The average molecular weight is 616 g/mol. The number of thiazole rings is 1. The van der Waals surface area contributed by atoms with Gasteiger partial charge in [-0.05, 0) is 45.8 Å². The molecular weight excluding hydrogens is 582 g/mol. The zero-order chi connectivity index (χ0) is 29.2. The number of nitrogens with one attached hydrogen (secondary N) is 1. The first-order chi connectivity index (χ1) is 18.9. The van der Waals surface area contributed by atoms with E-state index >= 15 is 0 Å². The summed E-state index contributed by atoms with van der Waals surface area (Å²) >= 11 is 3.95. The molecule has 0 aromatic carbocycles. The number of carbonyl (C=O) groups excluding carboxylic acids is 4. The van der Waals surface area contributed by atoms with Gasteiger partial charge in [0.1, 0.15) is 22.5 Å². The second-order valence-electron chi connectivity index (χ2n) is 10.7. The van der Waals surface area contributed by atoms with Crippen LogP contribution in [0.2, 0.25) is 0 Å². The highest BCUT2D eigenvalue weighted by atomic mass is 32.2. The molecule has 16 heteroatoms. The Bertz CT molecular complexity index is 1180. The van der Waals surface area contributed by atoms with Crippen molar-refractivity contribution in [3.8, 4) is 0 Å². The van der Waals surface area contributed by atoms with Crippen LogP contribution < -0.4 is 11.1 Å². The standard InChI is InChI=1S/C24H33N5O8S3/c1-23(2,3)19(32)36-11-37-20(33)24(12-5-7-35-8-6-12)10-29-17(31)15(18(29)40-21(24)38-4)27-16(30)14(28-34)13-9-39-22(25)26-13/h9,12,15,18,21,34H,5-8,10-11H2,1-4H3,(H2,25,26)(H,27,30)/t15?,18-,21?,24?/m1/s1. The molecule has 220 valence electrons. The van der Waals surface area contributed by atoms with Gasteiger partial charge >= 0.3 is 11.9 Å². The number of amides is 2. The van der Waals surface area contributed by atoms with Gasteiger partial charge in [-0.1, -0.05) is 5.16 Å². The molecule has 3 aliphatic rings. The van der Waals surface area contributed by atoms with E-state index < -0.39 is 46.9 Å². The minimum atomic E-state index is -1.08. The third-order valence-corrected chi connectivity index (χ3v) is 11.1. The topological polar surface area (TPSA) is 183 Å². The fraction of sp³-hybridized carbons (Fsp3) is 0.667. The molecule has 13 nitrogen and oxygen atoms in total. The molecule has 0 spiro atoms. The Labute approximate surface area is 243 Å². The number of oxime groups is 1. The van der Waals surface area contributed by atoms with Crippen molar-refractivity contribution in [1.82, 2.24) is 15.2 Å². The van der Waals surface area contributed by atoms with Gasteiger partial charge in [0, 0.05) is 25.1 Å². The summed E-state index contributed by atoms with van der Waals surface area (Å²) in [6, 6.07) is -0.892. The lowest BCUT2D eigenvalue weighted by Gasteiger charge is -2.58. The first-order valence-electron chi connectivity index (χ1n) is 12.6. The largest absolute Gasteiger partial charge is 0.427 e. The van der Waals surface area contributed by atoms with Crippen molar-refractivity contribution in [2.24, 2.45) is 21.9 Å². The summed E-state index contributed by atoms with van der Waals surface area (Å²) in [7, 11) is 0. The number of hydrogen-bond acceptors (Lipinski definition) is 14. The zero-order valence-corrected chi connectivity index (χ0v) is 25.0. The van der Waals surface area contributed by atoms with Crippen molar-refractivity contribution in [3.05, 3.63) is 11.1 Å². The predicted molar refractivity (Wildman–Crippen MR) is 150 cm³/mol. The van der Waals surface area contributed by atoms with Crippen LogP contribution in [0, 0.1) is 16.7 Å². The normalized spacial score (nSPS) is 27.4. The van der Waals surface area contributed by atoms with Gasteiger partial charge in [-0.25, -0.2) is 4.98 Å². The Morgan fingerprint density at radius 2 is 2.02 bits per heavy atom. The molecule has 4 atom stereocenters. The molecule has 3 fully saturated rings. The molecule has 40 heavy (non-hydrogen) atoms. The lowest BCUT2D eigenvalue weighted by atomic mass is 9.71. The Morgan fingerprint density at radius 1 is 1.32 bits per heavy atom. The summed E-state index contributed by atoms with van der Waals surface area (Å²) in [6.07, 6.45) is 3.09. The number of anilines is 1. The molecule has 0 radical (unpaired) electrons. The van der Waals surface area contributed by atoms with Crippen LogP contribution >= 0.6 is 34.9 Å². The predicted octanol–water partition coefficient (Wildman–Crippen LogP) is 1.50. The minimum Gasteiger partial charge on any atom is -0.427 e. The van der Waals surface area contributed by atoms with E-state index in [1.54, 1.807) is 25.7 Å². The third-order valence-electron chi connectivity index (χ3n) is 7.16. The number of thioether (sulfide) groups is 2. The molecule has 0 saturated carbocycles. The third kappa shape index (κ3) is 5.76. The Balaban J connectivity index is 1.52. The van der Waals surface area contributed by atoms with E-state index in [1.807, 2.05) is 6.26 Å². The van der Waals surface area contributed by atoms with Crippen LogP contribution in [0.15, 0.2) is 10.5 Å². The Morgan fingerprint density at radius 3 is 2.60 bits per heavy atom. The number of nitrogens with two attached hydrogens (primary N) is 1. The lowest BCUT2D eigenvalue weighted by molar-refractivity contribution is -0.185. The Hall–Kier alpha value is -2.56. The van der Waals surface area contributed by atoms with Crippen molar-refractivity contribution >= 4 is 69.5 Å². The van der Waals surface area contributed by atoms with Crippen molar-refractivity contribution in [3.63, 3.8) is 0 Å². The molecule has 3 unspecified atom stereocenters. The molecular formula is C24H33N5O8S3. The first kappa shape index (κ1) is 30.4. The van der Waals surface area contributed by atoms with Crippen LogP contribution in [0.3, 0.4) is 0 Å². The highest BCUT2D eigenvalue weighted by molar-refractivity contribution is 8.17. The van der Waals surface area contributed by atoms with E-state index in [-0.39, 0.29) is 39.5 Å². The molecule has 0 aliphatic carbocycles. The molecule has 4 heterocycles. The van der Waals surface area contributed by atoms with Crippen molar-refractivity contribution < 1.29 is 38.6 Å². The summed E-state index contributed by atoms with van der Waals surface area (Å²) in [5.74, 6) is -2.31. The van der Waals surface area contributed by atoms with Crippen molar-refractivity contribution in [2.75, 3.05) is 38.5 Å². The molecule has 1 aromatic heterocycles. The van der Waals surface area contributed by atoms with Gasteiger partial charge in [-0.3, -0.25) is 19.2 Å². The monoisotopic (exact) mass is 615 g/mol. The number of β-lactam (4-membered cyclic amide) rings is 1. The number of hydrogen-bond donors (Lipinski definition) is 3. The van der Waals surface area contributed by atoms with Crippen LogP contribution in [0.25, 0.3) is 0 Å². The minimum absolute atomic E-state index is 0.0850. The first-order valence-corrected chi connectivity index (χ1v) is 15.7. The lowest BCUT2D eigenvalue weighted by Crippen LogP contribution is -2.76. The van der Waals surface area contributed by atoms with Gasteiger partial charge in [0.15, 0.2) is 10.8 Å². The second kappa shape index (κ2) is 12.1. The van der Waals surface area contributed by atoms with Gasteiger partial charge in [0.25, 0.3) is 5.91 Å². The summed E-state index contributed by atoms with van der Waals surface area (Å²) in [5, 5.41) is 16.3. The van der Waals surface area contributed by atoms with Crippen molar-refractivity contribution in [2.45, 2.75) is 49.6 Å². The summed E-state index contributed by atoms with van der Waals surface area (Å²) < 4.78 is 16.0. The molecule has 1 aromatic rings. The summed E-state index contributed by atoms with van der Waals surface area (Å²) in [6.45, 7) is 5.63. The Kier molecular flexibility index (Phi) is 9.21. The van der Waals surface area contributed by atoms with Crippen LogP contribution in [0.4, 0.5) is 5.13 Å². The maximum Gasteiger partial charge on any atom is 0.319 e. The quantitative estimate of drug-likeness (QED) is 0.0958. The fourth-order valence-electron chi connectivity index (χ4n) is 5.02. The molecule has 2 amide bonds. The number of nitrogen functional groups attached to an aromatic ring is 1. The van der Waals surface area contributed by atoms with Gasteiger partial charge in [-0.15, -0.1) is 34.9 Å². The molecule has 0 bridgehead atoms. The number of ether oxygens (including phenoxy) is 3. The van der Waals surface area contributed by atoms with E-state index in [0.29, 0.717) is 26.1 Å². The molecule has 4 rings (SSSR count). The van der Waals surface area contributed by atoms with E-state index in [1.165, 1.54) is 28.9 Å². The van der Waals surface area contributed by atoms with Gasteiger partial charge in [0.05, 0.1) is 10.00 Å². The van der Waals surface area contributed by atoms with Gasteiger partial charge in [0.2, 0.25) is 12.7 Å². The highest BCUT2D eigenvalue weighted by Crippen LogP contribution is 2.56. The highest BCUT2D eigenvalue weighted by Gasteiger charge is 2.64.